The highest BCUT2D eigenvalue weighted by molar-refractivity contribution is 7.80. The number of hydrogen-bond donors (Lipinski definition) is 1. The van der Waals surface area contributed by atoms with E-state index in [9.17, 15) is 0 Å². The molecule has 3 aromatic rings. The first-order chi connectivity index (χ1) is 16.0. The van der Waals surface area contributed by atoms with E-state index in [1.165, 1.54) is 5.56 Å². The van der Waals surface area contributed by atoms with E-state index in [0.717, 1.165) is 53.9 Å². The number of halogens is 2. The molecule has 0 spiro atoms. The van der Waals surface area contributed by atoms with Gasteiger partial charge in [-0.25, -0.2) is 0 Å². The highest BCUT2D eigenvalue weighted by atomic mass is 35.5. The molecule has 0 aliphatic carbocycles. The van der Waals surface area contributed by atoms with Crippen molar-refractivity contribution in [3.8, 4) is 5.69 Å². The molecule has 5 nitrogen and oxygen atoms in total. The van der Waals surface area contributed by atoms with Crippen LogP contribution in [0.4, 0.5) is 0 Å². The van der Waals surface area contributed by atoms with Gasteiger partial charge in [0.1, 0.15) is 0 Å². The largest absolute Gasteiger partial charge is 0.376 e. The Labute approximate surface area is 209 Å². The second-order valence-electron chi connectivity index (χ2n) is 8.65. The Morgan fingerprint density at radius 1 is 1.18 bits per heavy atom. The molecular formula is C25H26Cl2N4OS. The molecule has 0 saturated carbocycles. The van der Waals surface area contributed by atoms with E-state index >= 15 is 0 Å². The standard InChI is InChI=1S/C25H26Cl2N4OS/c1-15-13-18(16(2)31(15)21-10-5-8-19(26)22(21)27)24-23(20-9-3-4-11-28-20)29-25(33)30(24)14-17-7-6-12-32-17/h3-5,8-11,13,17,23-24H,6-7,12,14H2,1-2H3,(H,29,33)/t17-,23-,24-/m1/s1. The number of ether oxygens (including phenoxy) is 1. The van der Waals surface area contributed by atoms with E-state index in [1.54, 1.807) is 0 Å². The molecule has 0 amide bonds. The van der Waals surface area contributed by atoms with Crippen LogP contribution >= 0.6 is 35.4 Å². The first-order valence-corrected chi connectivity index (χ1v) is 12.3. The molecule has 1 N–H and O–H groups in total. The Morgan fingerprint density at radius 3 is 2.76 bits per heavy atom. The summed E-state index contributed by atoms with van der Waals surface area (Å²) in [6.07, 6.45) is 4.15. The number of aromatic nitrogens is 2. The van der Waals surface area contributed by atoms with Crippen molar-refractivity contribution in [1.82, 2.24) is 19.8 Å². The molecule has 2 aliphatic heterocycles. The van der Waals surface area contributed by atoms with Gasteiger partial charge in [0.2, 0.25) is 0 Å². The molecule has 0 unspecified atom stereocenters. The maximum absolute atomic E-state index is 6.61. The Kier molecular flexibility index (Phi) is 6.36. The van der Waals surface area contributed by atoms with Gasteiger partial charge in [-0.05, 0) is 74.8 Å². The summed E-state index contributed by atoms with van der Waals surface area (Å²) in [6.45, 7) is 5.78. The topological polar surface area (TPSA) is 42.3 Å². The summed E-state index contributed by atoms with van der Waals surface area (Å²) in [5, 5.41) is 5.36. The monoisotopic (exact) mass is 500 g/mol. The molecule has 3 atom stereocenters. The van der Waals surface area contributed by atoms with Crippen molar-refractivity contribution in [2.45, 2.75) is 44.9 Å². The van der Waals surface area contributed by atoms with Crippen LogP contribution in [-0.2, 0) is 4.74 Å². The molecule has 5 rings (SSSR count). The minimum absolute atomic E-state index is 0.0190. The zero-order chi connectivity index (χ0) is 23.1. The van der Waals surface area contributed by atoms with Gasteiger partial charge in [0, 0.05) is 30.7 Å². The average molecular weight is 501 g/mol. The van der Waals surface area contributed by atoms with E-state index in [0.29, 0.717) is 10.0 Å². The van der Waals surface area contributed by atoms with E-state index in [-0.39, 0.29) is 18.2 Å². The van der Waals surface area contributed by atoms with Crippen molar-refractivity contribution in [3.63, 3.8) is 0 Å². The number of pyridine rings is 1. The Bertz CT molecular complexity index is 1180. The van der Waals surface area contributed by atoms with Crippen LogP contribution in [0.5, 0.6) is 0 Å². The van der Waals surface area contributed by atoms with Gasteiger partial charge < -0.3 is 19.5 Å². The van der Waals surface area contributed by atoms with Crippen LogP contribution < -0.4 is 5.32 Å². The lowest BCUT2D eigenvalue weighted by atomic mass is 9.96. The van der Waals surface area contributed by atoms with E-state index in [1.807, 2.05) is 36.5 Å². The predicted molar refractivity (Wildman–Crippen MR) is 136 cm³/mol. The molecule has 8 heteroatoms. The maximum atomic E-state index is 6.61. The number of nitrogens with one attached hydrogen (secondary N) is 1. The highest BCUT2D eigenvalue weighted by Crippen LogP contribution is 2.42. The minimum Gasteiger partial charge on any atom is -0.376 e. The lowest BCUT2D eigenvalue weighted by Crippen LogP contribution is -2.36. The predicted octanol–water partition coefficient (Wildman–Crippen LogP) is 5.95. The van der Waals surface area contributed by atoms with Crippen LogP contribution in [-0.4, -0.2) is 38.8 Å². The van der Waals surface area contributed by atoms with Gasteiger partial charge in [-0.1, -0.05) is 35.3 Å². The van der Waals surface area contributed by atoms with Crippen LogP contribution in [0.2, 0.25) is 10.0 Å². The Balaban J connectivity index is 1.61. The Hall–Kier alpha value is -2.12. The highest BCUT2D eigenvalue weighted by Gasteiger charge is 2.42. The van der Waals surface area contributed by atoms with Gasteiger partial charge in [0.25, 0.3) is 0 Å². The van der Waals surface area contributed by atoms with Crippen molar-refractivity contribution < 1.29 is 4.74 Å². The molecule has 2 fully saturated rings. The van der Waals surface area contributed by atoms with Gasteiger partial charge in [-0.15, -0.1) is 0 Å². The smallest absolute Gasteiger partial charge is 0.170 e. The van der Waals surface area contributed by atoms with E-state index in [4.69, 9.17) is 40.2 Å². The summed E-state index contributed by atoms with van der Waals surface area (Å²) in [5.74, 6) is 0. The Morgan fingerprint density at radius 2 is 2.03 bits per heavy atom. The van der Waals surface area contributed by atoms with Crippen LogP contribution in [0.15, 0.2) is 48.7 Å². The van der Waals surface area contributed by atoms with E-state index < -0.39 is 0 Å². The van der Waals surface area contributed by atoms with Crippen molar-refractivity contribution in [3.05, 3.63) is 81.4 Å². The molecule has 0 bridgehead atoms. The molecule has 2 aliphatic rings. The summed E-state index contributed by atoms with van der Waals surface area (Å²) in [6, 6.07) is 13.9. The summed E-state index contributed by atoms with van der Waals surface area (Å²) >= 11 is 18.8. The third-order valence-corrected chi connectivity index (χ3v) is 7.74. The third kappa shape index (κ3) is 4.14. The fraction of sp³-hybridized carbons (Fsp3) is 0.360. The summed E-state index contributed by atoms with van der Waals surface area (Å²) in [5.41, 5.74) is 5.21. The maximum Gasteiger partial charge on any atom is 0.170 e. The molecule has 1 aromatic carbocycles. The fourth-order valence-electron chi connectivity index (χ4n) is 5.07. The van der Waals surface area contributed by atoms with Crippen molar-refractivity contribution in [1.29, 1.82) is 0 Å². The number of nitrogens with zero attached hydrogens (tertiary/aromatic N) is 3. The zero-order valence-corrected chi connectivity index (χ0v) is 20.9. The number of hydrogen-bond acceptors (Lipinski definition) is 3. The van der Waals surface area contributed by atoms with Gasteiger partial charge in [-0.2, -0.15) is 0 Å². The van der Waals surface area contributed by atoms with Crippen molar-refractivity contribution >= 4 is 40.5 Å². The summed E-state index contributed by atoms with van der Waals surface area (Å²) in [7, 11) is 0. The fourth-order valence-corrected chi connectivity index (χ4v) is 5.77. The first-order valence-electron chi connectivity index (χ1n) is 11.2. The van der Waals surface area contributed by atoms with Crippen LogP contribution in [0.3, 0.4) is 0 Å². The first kappa shape index (κ1) is 22.7. The van der Waals surface area contributed by atoms with Gasteiger partial charge >= 0.3 is 0 Å². The summed E-state index contributed by atoms with van der Waals surface area (Å²) in [4.78, 5) is 6.93. The van der Waals surface area contributed by atoms with Gasteiger partial charge in [-0.3, -0.25) is 4.98 Å². The second-order valence-corrected chi connectivity index (χ2v) is 9.82. The average Bonchev–Trinajstić information content (AvgIpc) is 3.51. The molecular weight excluding hydrogens is 475 g/mol. The number of rotatable bonds is 5. The molecule has 33 heavy (non-hydrogen) atoms. The van der Waals surface area contributed by atoms with E-state index in [2.05, 4.69) is 45.7 Å². The molecule has 4 heterocycles. The van der Waals surface area contributed by atoms with Crippen molar-refractivity contribution in [2.75, 3.05) is 13.2 Å². The van der Waals surface area contributed by atoms with Gasteiger partial charge in [0.05, 0.1) is 39.6 Å². The lowest BCUT2D eigenvalue weighted by Gasteiger charge is -2.30. The van der Waals surface area contributed by atoms with Gasteiger partial charge in [0.15, 0.2) is 5.11 Å². The normalized spacial score (nSPS) is 22.7. The summed E-state index contributed by atoms with van der Waals surface area (Å²) < 4.78 is 8.14. The van der Waals surface area contributed by atoms with Crippen LogP contribution in [0.1, 0.15) is 47.6 Å². The molecule has 0 radical (unpaired) electrons. The zero-order valence-electron chi connectivity index (χ0n) is 18.6. The number of aryl methyl sites for hydroxylation is 1. The number of thiocarbonyl (C=S) groups is 1. The second kappa shape index (κ2) is 9.26. The third-order valence-electron chi connectivity index (χ3n) is 6.58. The van der Waals surface area contributed by atoms with Crippen LogP contribution in [0.25, 0.3) is 5.69 Å². The molecule has 172 valence electrons. The number of benzene rings is 1. The van der Waals surface area contributed by atoms with Crippen molar-refractivity contribution in [2.24, 2.45) is 0 Å². The lowest BCUT2D eigenvalue weighted by molar-refractivity contribution is 0.0842. The van der Waals surface area contributed by atoms with Crippen LogP contribution in [0, 0.1) is 13.8 Å². The minimum atomic E-state index is -0.0658. The SMILES string of the molecule is Cc1cc([C@@H]2[C@@H](c3ccccn3)NC(=S)N2C[C@H]2CCCO2)c(C)n1-c1cccc(Cl)c1Cl. The quantitative estimate of drug-likeness (QED) is 0.438. The molecule has 2 saturated heterocycles. The molecule has 2 aromatic heterocycles.